The number of aromatic hydroxyl groups is 1. The summed E-state index contributed by atoms with van der Waals surface area (Å²) in [6, 6.07) is 15.1. The van der Waals surface area contributed by atoms with Crippen LogP contribution in [0.15, 0.2) is 53.6 Å². The van der Waals surface area contributed by atoms with Crippen LogP contribution in [0.2, 0.25) is 0 Å². The summed E-state index contributed by atoms with van der Waals surface area (Å²) < 4.78 is 5.17. The van der Waals surface area contributed by atoms with Gasteiger partial charge in [-0.1, -0.05) is 30.3 Å². The number of aryl methyl sites for hydroxylation is 2. The van der Waals surface area contributed by atoms with E-state index in [-0.39, 0.29) is 5.75 Å². The first-order chi connectivity index (χ1) is 15.2. The van der Waals surface area contributed by atoms with Crippen LogP contribution in [0, 0.1) is 0 Å². The van der Waals surface area contributed by atoms with E-state index in [4.69, 9.17) is 14.7 Å². The lowest BCUT2D eigenvalue weighted by Gasteiger charge is -2.12. The molecular weight excluding hydrogens is 408 g/mol. The van der Waals surface area contributed by atoms with Crippen molar-refractivity contribution in [2.24, 2.45) is 5.10 Å². The number of fused-ring (bicyclic) bond motifs is 3. The minimum atomic E-state index is 0.0996. The van der Waals surface area contributed by atoms with Crippen molar-refractivity contribution >= 4 is 33.6 Å². The fraction of sp³-hybridized carbons (Fsp3) is 0.208. The SMILES string of the molecule is COc1cc(C=NNc2nc(-c3ccccc3)nc3sc4c(c23)CCCC4)ccc1O. The number of hydrazone groups is 1. The molecule has 2 N–H and O–H groups in total. The van der Waals surface area contributed by atoms with Gasteiger partial charge in [0.2, 0.25) is 0 Å². The van der Waals surface area contributed by atoms with Gasteiger partial charge in [0.05, 0.1) is 18.7 Å². The number of hydrogen-bond donors (Lipinski definition) is 2. The molecule has 0 spiro atoms. The van der Waals surface area contributed by atoms with Crippen molar-refractivity contribution in [1.29, 1.82) is 0 Å². The van der Waals surface area contributed by atoms with Gasteiger partial charge in [-0.05, 0) is 55.0 Å². The van der Waals surface area contributed by atoms with Crippen molar-refractivity contribution in [1.82, 2.24) is 9.97 Å². The lowest BCUT2D eigenvalue weighted by Crippen LogP contribution is -2.02. The first-order valence-electron chi connectivity index (χ1n) is 10.3. The molecule has 1 aliphatic carbocycles. The zero-order valence-corrected chi connectivity index (χ0v) is 17.9. The number of nitrogens with one attached hydrogen (secondary N) is 1. The molecule has 0 saturated carbocycles. The number of hydrogen-bond acceptors (Lipinski definition) is 7. The van der Waals surface area contributed by atoms with Gasteiger partial charge in [-0.25, -0.2) is 9.97 Å². The Hall–Kier alpha value is -3.45. The molecule has 2 aromatic carbocycles. The molecule has 0 amide bonds. The van der Waals surface area contributed by atoms with E-state index in [2.05, 4.69) is 10.5 Å². The third-order valence-electron chi connectivity index (χ3n) is 5.43. The normalized spacial score (nSPS) is 13.5. The summed E-state index contributed by atoms with van der Waals surface area (Å²) in [6.45, 7) is 0. The monoisotopic (exact) mass is 430 g/mol. The van der Waals surface area contributed by atoms with Gasteiger partial charge in [0, 0.05) is 10.4 Å². The Morgan fingerprint density at radius 1 is 1.10 bits per heavy atom. The maximum atomic E-state index is 9.78. The Kier molecular flexibility index (Phi) is 5.26. The van der Waals surface area contributed by atoms with E-state index in [9.17, 15) is 5.11 Å². The molecule has 0 unspecified atom stereocenters. The molecule has 156 valence electrons. The molecule has 0 saturated heterocycles. The number of rotatable bonds is 5. The van der Waals surface area contributed by atoms with Gasteiger partial charge in [-0.2, -0.15) is 5.10 Å². The average molecular weight is 431 g/mol. The highest BCUT2D eigenvalue weighted by molar-refractivity contribution is 7.19. The summed E-state index contributed by atoms with van der Waals surface area (Å²) in [5.74, 6) is 1.93. The maximum absolute atomic E-state index is 9.78. The van der Waals surface area contributed by atoms with Crippen LogP contribution in [-0.4, -0.2) is 28.4 Å². The van der Waals surface area contributed by atoms with Crippen LogP contribution in [0.1, 0.15) is 28.8 Å². The number of ether oxygens (including phenoxy) is 1. The summed E-state index contributed by atoms with van der Waals surface area (Å²) in [7, 11) is 1.52. The number of methoxy groups -OCH3 is 1. The van der Waals surface area contributed by atoms with Gasteiger partial charge in [0.15, 0.2) is 23.1 Å². The van der Waals surface area contributed by atoms with Crippen molar-refractivity contribution < 1.29 is 9.84 Å². The van der Waals surface area contributed by atoms with Crippen molar-refractivity contribution in [3.05, 3.63) is 64.5 Å². The lowest BCUT2D eigenvalue weighted by atomic mass is 9.97. The second kappa shape index (κ2) is 8.35. The summed E-state index contributed by atoms with van der Waals surface area (Å²) >= 11 is 1.77. The van der Waals surface area contributed by atoms with E-state index in [1.165, 1.54) is 30.4 Å². The Balaban J connectivity index is 1.55. The molecule has 1 aliphatic rings. The molecule has 5 rings (SSSR count). The molecule has 7 heteroatoms. The molecule has 2 aromatic heterocycles. The fourth-order valence-corrected chi connectivity index (χ4v) is 5.16. The number of aromatic nitrogens is 2. The first-order valence-corrected chi connectivity index (χ1v) is 11.1. The Labute approximate surface area is 184 Å². The van der Waals surface area contributed by atoms with Crippen molar-refractivity contribution in [3.8, 4) is 22.9 Å². The summed E-state index contributed by atoms with van der Waals surface area (Å²) in [5, 5.41) is 15.3. The minimum absolute atomic E-state index is 0.0996. The molecule has 0 atom stereocenters. The zero-order valence-electron chi connectivity index (χ0n) is 17.1. The highest BCUT2D eigenvalue weighted by atomic mass is 32.1. The molecule has 4 aromatic rings. The van der Waals surface area contributed by atoms with Crippen LogP contribution in [0.4, 0.5) is 5.82 Å². The molecule has 6 nitrogen and oxygen atoms in total. The molecule has 0 fully saturated rings. The van der Waals surface area contributed by atoms with E-state index in [1.54, 1.807) is 35.8 Å². The van der Waals surface area contributed by atoms with Crippen LogP contribution in [-0.2, 0) is 12.8 Å². The average Bonchev–Trinajstić information content (AvgIpc) is 3.19. The fourth-order valence-electron chi connectivity index (χ4n) is 3.90. The zero-order chi connectivity index (χ0) is 21.2. The number of benzene rings is 2. The van der Waals surface area contributed by atoms with Gasteiger partial charge >= 0.3 is 0 Å². The van der Waals surface area contributed by atoms with Crippen molar-refractivity contribution in [3.63, 3.8) is 0 Å². The van der Waals surface area contributed by atoms with Gasteiger partial charge in [0.25, 0.3) is 0 Å². The second-order valence-corrected chi connectivity index (χ2v) is 8.54. The second-order valence-electron chi connectivity index (χ2n) is 7.45. The lowest BCUT2D eigenvalue weighted by molar-refractivity contribution is 0.373. The third-order valence-corrected chi connectivity index (χ3v) is 6.62. The van der Waals surface area contributed by atoms with E-state index in [1.807, 2.05) is 30.3 Å². The van der Waals surface area contributed by atoms with E-state index >= 15 is 0 Å². The quantitative estimate of drug-likeness (QED) is 0.327. The van der Waals surface area contributed by atoms with Crippen LogP contribution in [0.25, 0.3) is 21.6 Å². The summed E-state index contributed by atoms with van der Waals surface area (Å²) in [4.78, 5) is 12.1. The number of anilines is 1. The van der Waals surface area contributed by atoms with Gasteiger partial charge in [-0.15, -0.1) is 11.3 Å². The van der Waals surface area contributed by atoms with E-state index in [0.717, 1.165) is 40.0 Å². The smallest absolute Gasteiger partial charge is 0.163 e. The summed E-state index contributed by atoms with van der Waals surface area (Å²) in [6.07, 6.45) is 6.26. The largest absolute Gasteiger partial charge is 0.504 e. The highest BCUT2D eigenvalue weighted by Gasteiger charge is 2.21. The third kappa shape index (κ3) is 3.84. The van der Waals surface area contributed by atoms with Crippen LogP contribution < -0.4 is 10.2 Å². The Morgan fingerprint density at radius 2 is 1.94 bits per heavy atom. The van der Waals surface area contributed by atoms with Crippen molar-refractivity contribution in [2.45, 2.75) is 25.7 Å². The molecule has 0 bridgehead atoms. The number of thiophene rings is 1. The minimum Gasteiger partial charge on any atom is -0.504 e. The van der Waals surface area contributed by atoms with Gasteiger partial charge in [-0.3, -0.25) is 5.43 Å². The topological polar surface area (TPSA) is 79.6 Å². The van der Waals surface area contributed by atoms with Crippen LogP contribution in [0.3, 0.4) is 0 Å². The summed E-state index contributed by atoms with van der Waals surface area (Å²) in [5.41, 5.74) is 6.30. The predicted octanol–water partition coefficient (Wildman–Crippen LogP) is 5.40. The van der Waals surface area contributed by atoms with Crippen LogP contribution in [0.5, 0.6) is 11.5 Å². The maximum Gasteiger partial charge on any atom is 0.163 e. The first kappa shape index (κ1) is 19.5. The molecule has 2 heterocycles. The number of nitrogens with zero attached hydrogens (tertiary/aromatic N) is 3. The van der Waals surface area contributed by atoms with E-state index < -0.39 is 0 Å². The Morgan fingerprint density at radius 3 is 2.77 bits per heavy atom. The van der Waals surface area contributed by atoms with Crippen LogP contribution >= 0.6 is 11.3 Å². The molecular formula is C24H22N4O2S. The number of phenols is 1. The molecule has 0 aliphatic heterocycles. The number of phenolic OH excluding ortho intramolecular Hbond substituents is 1. The highest BCUT2D eigenvalue weighted by Crippen LogP contribution is 2.39. The van der Waals surface area contributed by atoms with Crippen molar-refractivity contribution in [2.75, 3.05) is 12.5 Å². The van der Waals surface area contributed by atoms with Gasteiger partial charge in [0.1, 0.15) is 4.83 Å². The van der Waals surface area contributed by atoms with E-state index in [0.29, 0.717) is 11.6 Å². The standard InChI is InChI=1S/C24H22N4O2S/c1-30-19-13-15(11-12-18(19)29)14-25-28-23-21-17-9-5-6-10-20(17)31-24(21)27-22(26-23)16-7-3-2-4-8-16/h2-4,7-8,11-14,29H,5-6,9-10H2,1H3,(H,26,27,28). The van der Waals surface area contributed by atoms with Gasteiger partial charge < -0.3 is 9.84 Å². The molecule has 0 radical (unpaired) electrons. The predicted molar refractivity (Wildman–Crippen MR) is 125 cm³/mol. The molecule has 31 heavy (non-hydrogen) atoms. The Bertz CT molecular complexity index is 1270.